The van der Waals surface area contributed by atoms with E-state index in [1.54, 1.807) is 6.20 Å². The van der Waals surface area contributed by atoms with Crippen LogP contribution < -0.4 is 5.73 Å². The summed E-state index contributed by atoms with van der Waals surface area (Å²) in [5, 5.41) is 9.23. The second-order valence-electron chi connectivity index (χ2n) is 5.40. The van der Waals surface area contributed by atoms with E-state index in [1.165, 1.54) is 0 Å². The molecule has 0 aromatic carbocycles. The molecule has 2 rings (SSSR count). The predicted octanol–water partition coefficient (Wildman–Crippen LogP) is 1.79. The van der Waals surface area contributed by atoms with Crippen molar-refractivity contribution >= 4 is 0 Å². The largest absolute Gasteiger partial charge is 0.394 e. The van der Waals surface area contributed by atoms with Crippen molar-refractivity contribution in [3.05, 3.63) is 18.2 Å². The number of nitrogens with zero attached hydrogens (tertiary/aromatic N) is 2. The molecule has 0 saturated carbocycles. The first kappa shape index (κ1) is 14.5. The summed E-state index contributed by atoms with van der Waals surface area (Å²) in [6.45, 7) is 5.08. The minimum absolute atomic E-state index is 0.0201. The third-order valence-corrected chi connectivity index (χ3v) is 4.42. The average Bonchev–Trinajstić information content (AvgIpc) is 2.96. The maximum atomic E-state index is 9.23. The number of aromatic nitrogens is 2. The molecule has 108 valence electrons. The lowest BCUT2D eigenvalue weighted by atomic mass is 9.85. The zero-order chi connectivity index (χ0) is 13.9. The van der Waals surface area contributed by atoms with Crippen LogP contribution in [-0.2, 0) is 4.74 Å². The van der Waals surface area contributed by atoms with Gasteiger partial charge in [0.15, 0.2) is 0 Å². The summed E-state index contributed by atoms with van der Waals surface area (Å²) >= 11 is 0. The van der Waals surface area contributed by atoms with Gasteiger partial charge in [-0.15, -0.1) is 0 Å². The second kappa shape index (κ2) is 6.03. The fourth-order valence-electron chi connectivity index (χ4n) is 2.98. The van der Waals surface area contributed by atoms with Gasteiger partial charge < -0.3 is 20.1 Å². The highest BCUT2D eigenvalue weighted by Gasteiger charge is 2.35. The Morgan fingerprint density at radius 3 is 2.95 bits per heavy atom. The van der Waals surface area contributed by atoms with Crippen LogP contribution in [0.25, 0.3) is 0 Å². The van der Waals surface area contributed by atoms with Gasteiger partial charge in [-0.25, -0.2) is 4.98 Å². The number of imidazole rings is 1. The Hall–Kier alpha value is -0.910. The summed E-state index contributed by atoms with van der Waals surface area (Å²) in [4.78, 5) is 4.20. The summed E-state index contributed by atoms with van der Waals surface area (Å²) < 4.78 is 8.13. The lowest BCUT2D eigenvalue weighted by molar-refractivity contribution is -0.0991. The molecule has 1 saturated heterocycles. The number of ether oxygens (including phenoxy) is 1. The van der Waals surface area contributed by atoms with Gasteiger partial charge in [-0.1, -0.05) is 13.8 Å². The van der Waals surface area contributed by atoms with Crippen LogP contribution in [0.2, 0.25) is 0 Å². The predicted molar refractivity (Wildman–Crippen MR) is 73.8 cm³/mol. The number of nitrogens with two attached hydrogens (primary N) is 1. The van der Waals surface area contributed by atoms with Crippen LogP contribution in [0.3, 0.4) is 0 Å². The molecule has 3 N–H and O–H groups in total. The number of hydrogen-bond acceptors (Lipinski definition) is 4. The third-order valence-electron chi connectivity index (χ3n) is 4.42. The van der Waals surface area contributed by atoms with Crippen LogP contribution in [0.4, 0.5) is 0 Å². The van der Waals surface area contributed by atoms with Gasteiger partial charge in [-0.2, -0.15) is 0 Å². The van der Waals surface area contributed by atoms with Gasteiger partial charge in [-0.05, 0) is 25.7 Å². The Kier molecular flexibility index (Phi) is 4.60. The normalized spacial score (nSPS) is 24.3. The molecule has 1 aromatic heterocycles. The molecule has 1 fully saturated rings. The molecule has 1 aliphatic rings. The van der Waals surface area contributed by atoms with E-state index < -0.39 is 0 Å². The molecule has 5 heteroatoms. The minimum atomic E-state index is -0.358. The average molecular weight is 267 g/mol. The van der Waals surface area contributed by atoms with E-state index in [2.05, 4.69) is 23.4 Å². The summed E-state index contributed by atoms with van der Waals surface area (Å²) in [6, 6.07) is 0.00625. The van der Waals surface area contributed by atoms with Crippen molar-refractivity contribution < 1.29 is 9.84 Å². The molecule has 2 atom stereocenters. The molecule has 0 amide bonds. The second-order valence-corrected chi connectivity index (χ2v) is 5.40. The zero-order valence-electron chi connectivity index (χ0n) is 11.9. The van der Waals surface area contributed by atoms with E-state index in [-0.39, 0.29) is 18.2 Å². The molecule has 0 aliphatic carbocycles. The fourth-order valence-corrected chi connectivity index (χ4v) is 2.98. The van der Waals surface area contributed by atoms with Gasteiger partial charge in [0.2, 0.25) is 0 Å². The van der Waals surface area contributed by atoms with E-state index in [0.29, 0.717) is 6.04 Å². The van der Waals surface area contributed by atoms with Crippen molar-refractivity contribution in [1.82, 2.24) is 9.55 Å². The summed E-state index contributed by atoms with van der Waals surface area (Å²) in [7, 11) is 0. The monoisotopic (exact) mass is 267 g/mol. The first-order valence-corrected chi connectivity index (χ1v) is 7.18. The molecule has 5 nitrogen and oxygen atoms in total. The van der Waals surface area contributed by atoms with Crippen molar-refractivity contribution in [2.75, 3.05) is 13.2 Å². The molecule has 1 aromatic rings. The molecule has 2 unspecified atom stereocenters. The van der Waals surface area contributed by atoms with Gasteiger partial charge >= 0.3 is 0 Å². The lowest BCUT2D eigenvalue weighted by Crippen LogP contribution is -2.40. The SMILES string of the molecule is CCC1(CC)CC(n2cncc2C(N)CO)CCO1. The maximum absolute atomic E-state index is 9.23. The molecule has 1 aliphatic heterocycles. The molecular weight excluding hydrogens is 242 g/mol. The molecule has 0 spiro atoms. The highest BCUT2D eigenvalue weighted by atomic mass is 16.5. The Morgan fingerprint density at radius 2 is 2.32 bits per heavy atom. The number of hydrogen-bond donors (Lipinski definition) is 2. The first-order valence-electron chi connectivity index (χ1n) is 7.18. The van der Waals surface area contributed by atoms with Crippen LogP contribution in [0.5, 0.6) is 0 Å². The molecule has 0 radical (unpaired) electrons. The topological polar surface area (TPSA) is 73.3 Å². The Balaban J connectivity index is 2.20. The van der Waals surface area contributed by atoms with Crippen molar-refractivity contribution in [2.24, 2.45) is 5.73 Å². The van der Waals surface area contributed by atoms with Crippen molar-refractivity contribution in [3.63, 3.8) is 0 Å². The highest BCUT2D eigenvalue weighted by Crippen LogP contribution is 2.37. The highest BCUT2D eigenvalue weighted by molar-refractivity contribution is 5.07. The number of aliphatic hydroxyl groups is 1. The number of aliphatic hydroxyl groups excluding tert-OH is 1. The summed E-state index contributed by atoms with van der Waals surface area (Å²) in [5.74, 6) is 0. The van der Waals surface area contributed by atoms with Crippen molar-refractivity contribution in [3.8, 4) is 0 Å². The van der Waals surface area contributed by atoms with Crippen LogP contribution >= 0.6 is 0 Å². The van der Waals surface area contributed by atoms with Gasteiger partial charge in [-0.3, -0.25) is 0 Å². The molecular formula is C14H25N3O2. The smallest absolute Gasteiger partial charge is 0.0951 e. The Bertz CT molecular complexity index is 401. The molecule has 0 bridgehead atoms. The van der Waals surface area contributed by atoms with E-state index in [1.807, 2.05) is 6.33 Å². The van der Waals surface area contributed by atoms with Gasteiger partial charge in [0.1, 0.15) is 0 Å². The zero-order valence-corrected chi connectivity index (χ0v) is 11.9. The molecule has 19 heavy (non-hydrogen) atoms. The van der Waals surface area contributed by atoms with Gasteiger partial charge in [0.05, 0.1) is 30.3 Å². The first-order chi connectivity index (χ1) is 9.15. The number of rotatable bonds is 5. The fraction of sp³-hybridized carbons (Fsp3) is 0.786. The van der Waals surface area contributed by atoms with Gasteiger partial charge in [0.25, 0.3) is 0 Å². The van der Waals surface area contributed by atoms with Crippen molar-refractivity contribution in [1.29, 1.82) is 0 Å². The van der Waals surface area contributed by atoms with Crippen LogP contribution in [0.15, 0.2) is 12.5 Å². The van der Waals surface area contributed by atoms with Crippen LogP contribution in [0.1, 0.15) is 57.3 Å². The standard InChI is InChI=1S/C14H25N3O2/c1-3-14(4-2)7-11(5-6-19-14)17-10-16-8-13(17)12(15)9-18/h8,10-12,18H,3-7,9,15H2,1-2H3. The Morgan fingerprint density at radius 1 is 1.58 bits per heavy atom. The van der Waals surface area contributed by atoms with Crippen molar-refractivity contribution in [2.45, 2.75) is 57.2 Å². The van der Waals surface area contributed by atoms with E-state index >= 15 is 0 Å². The van der Waals surface area contributed by atoms with E-state index in [0.717, 1.165) is 38.0 Å². The molecule has 2 heterocycles. The van der Waals surface area contributed by atoms with Crippen LogP contribution in [-0.4, -0.2) is 33.5 Å². The minimum Gasteiger partial charge on any atom is -0.394 e. The van der Waals surface area contributed by atoms with Crippen LogP contribution in [0, 0.1) is 0 Å². The van der Waals surface area contributed by atoms with E-state index in [4.69, 9.17) is 10.5 Å². The maximum Gasteiger partial charge on any atom is 0.0951 e. The summed E-state index contributed by atoms with van der Waals surface area (Å²) in [6.07, 6.45) is 7.60. The quantitative estimate of drug-likeness (QED) is 0.853. The third kappa shape index (κ3) is 2.83. The Labute approximate surface area is 114 Å². The summed E-state index contributed by atoms with van der Waals surface area (Å²) in [5.41, 5.74) is 6.83. The van der Waals surface area contributed by atoms with Gasteiger partial charge in [0, 0.05) is 18.8 Å². The lowest BCUT2D eigenvalue weighted by Gasteiger charge is -2.41. The van der Waals surface area contributed by atoms with E-state index in [9.17, 15) is 5.11 Å².